The maximum atomic E-state index is 10.2. The molecule has 1 N–H and O–H groups in total. The molecule has 1 atom stereocenters. The number of hydrogen-bond acceptors (Lipinski definition) is 4. The molecule has 1 saturated heterocycles. The smallest absolute Gasteiger partial charge is 0.123 e. The van der Waals surface area contributed by atoms with Crippen LogP contribution in [0.15, 0.2) is 18.2 Å². The van der Waals surface area contributed by atoms with E-state index in [1.165, 1.54) is 11.1 Å². The van der Waals surface area contributed by atoms with Crippen molar-refractivity contribution in [2.45, 2.75) is 32.8 Å². The second-order valence-corrected chi connectivity index (χ2v) is 6.76. The van der Waals surface area contributed by atoms with E-state index in [-0.39, 0.29) is 0 Å². The highest BCUT2D eigenvalue weighted by atomic mass is 16.5. The molecule has 1 aliphatic rings. The van der Waals surface area contributed by atoms with Crippen LogP contribution in [0.4, 0.5) is 0 Å². The van der Waals surface area contributed by atoms with E-state index in [0.29, 0.717) is 19.1 Å². The number of aliphatic hydroxyl groups excluding tert-OH is 1. The van der Waals surface area contributed by atoms with E-state index in [9.17, 15) is 5.11 Å². The molecule has 1 aromatic carbocycles. The Kier molecular flexibility index (Phi) is 6.24. The SMILES string of the molecule is Cc1ccc(C(C)C)c(OCC(O)CN2CCN(C)CC2)c1. The molecule has 0 saturated carbocycles. The molecule has 1 heterocycles. The number of likely N-dealkylation sites (N-methyl/N-ethyl adjacent to an activating group) is 1. The topological polar surface area (TPSA) is 35.9 Å². The van der Waals surface area contributed by atoms with E-state index in [0.717, 1.165) is 31.9 Å². The lowest BCUT2D eigenvalue weighted by atomic mass is 10.0. The fourth-order valence-electron chi connectivity index (χ4n) is 2.81. The molecule has 0 aromatic heterocycles. The lowest BCUT2D eigenvalue weighted by Crippen LogP contribution is -2.47. The fraction of sp³-hybridized carbons (Fsp3) is 0.667. The number of ether oxygens (including phenoxy) is 1. The summed E-state index contributed by atoms with van der Waals surface area (Å²) in [5.74, 6) is 1.33. The van der Waals surface area contributed by atoms with Gasteiger partial charge in [0.2, 0.25) is 0 Å². The summed E-state index contributed by atoms with van der Waals surface area (Å²) in [6.07, 6.45) is -0.441. The summed E-state index contributed by atoms with van der Waals surface area (Å²) in [6, 6.07) is 6.31. The van der Waals surface area contributed by atoms with Crippen molar-refractivity contribution in [2.24, 2.45) is 0 Å². The molecule has 1 unspecified atom stereocenters. The molecular weight excluding hydrogens is 276 g/mol. The van der Waals surface area contributed by atoms with E-state index < -0.39 is 6.10 Å². The zero-order valence-electron chi connectivity index (χ0n) is 14.4. The average Bonchev–Trinajstić information content (AvgIpc) is 2.47. The van der Waals surface area contributed by atoms with Gasteiger partial charge in [0.15, 0.2) is 0 Å². The number of nitrogens with zero attached hydrogens (tertiary/aromatic N) is 2. The number of rotatable bonds is 6. The summed E-state index contributed by atoms with van der Waals surface area (Å²) in [7, 11) is 2.14. The molecule has 0 radical (unpaired) electrons. The molecule has 4 heteroatoms. The number of benzene rings is 1. The Morgan fingerprint density at radius 2 is 1.86 bits per heavy atom. The zero-order valence-corrected chi connectivity index (χ0v) is 14.4. The summed E-state index contributed by atoms with van der Waals surface area (Å²) >= 11 is 0. The third-order valence-electron chi connectivity index (χ3n) is 4.29. The first kappa shape index (κ1) is 17.3. The molecule has 1 aromatic rings. The van der Waals surface area contributed by atoms with Crippen molar-refractivity contribution in [1.82, 2.24) is 9.80 Å². The minimum atomic E-state index is -0.441. The van der Waals surface area contributed by atoms with Gasteiger partial charge >= 0.3 is 0 Å². The fourth-order valence-corrected chi connectivity index (χ4v) is 2.81. The van der Waals surface area contributed by atoms with Gasteiger partial charge in [-0.1, -0.05) is 26.0 Å². The van der Waals surface area contributed by atoms with Gasteiger partial charge in [0.1, 0.15) is 18.5 Å². The molecule has 2 rings (SSSR count). The second kappa shape index (κ2) is 7.95. The highest BCUT2D eigenvalue weighted by molar-refractivity contribution is 5.39. The monoisotopic (exact) mass is 306 g/mol. The van der Waals surface area contributed by atoms with E-state index in [1.54, 1.807) is 0 Å². The Labute approximate surface area is 134 Å². The molecule has 4 nitrogen and oxygen atoms in total. The van der Waals surface area contributed by atoms with Gasteiger partial charge in [0.05, 0.1) is 0 Å². The van der Waals surface area contributed by atoms with Crippen molar-refractivity contribution in [2.75, 3.05) is 46.4 Å². The van der Waals surface area contributed by atoms with Crippen LogP contribution in [0, 0.1) is 6.92 Å². The molecule has 22 heavy (non-hydrogen) atoms. The Bertz CT molecular complexity index is 468. The largest absolute Gasteiger partial charge is 0.491 e. The first-order valence-corrected chi connectivity index (χ1v) is 8.28. The van der Waals surface area contributed by atoms with Crippen molar-refractivity contribution < 1.29 is 9.84 Å². The van der Waals surface area contributed by atoms with Gasteiger partial charge in [-0.05, 0) is 37.1 Å². The molecule has 0 amide bonds. The van der Waals surface area contributed by atoms with E-state index in [2.05, 4.69) is 55.8 Å². The van der Waals surface area contributed by atoms with Gasteiger partial charge in [0.25, 0.3) is 0 Å². The van der Waals surface area contributed by atoms with E-state index in [4.69, 9.17) is 4.74 Å². The summed E-state index contributed by atoms with van der Waals surface area (Å²) in [4.78, 5) is 4.63. The number of aryl methyl sites for hydroxylation is 1. The van der Waals surface area contributed by atoms with Crippen LogP contribution in [-0.4, -0.2) is 67.4 Å². The molecule has 1 aliphatic heterocycles. The van der Waals surface area contributed by atoms with Crippen molar-refractivity contribution in [1.29, 1.82) is 0 Å². The maximum Gasteiger partial charge on any atom is 0.123 e. The summed E-state index contributed by atoms with van der Waals surface area (Å²) in [6.45, 7) is 11.6. The first-order valence-electron chi connectivity index (χ1n) is 8.28. The van der Waals surface area contributed by atoms with Gasteiger partial charge in [-0.15, -0.1) is 0 Å². The van der Waals surface area contributed by atoms with Crippen LogP contribution in [0.1, 0.15) is 30.9 Å². The van der Waals surface area contributed by atoms with Crippen molar-refractivity contribution in [3.05, 3.63) is 29.3 Å². The van der Waals surface area contributed by atoms with Crippen LogP contribution < -0.4 is 4.74 Å². The molecule has 124 valence electrons. The van der Waals surface area contributed by atoms with Crippen LogP contribution in [0.25, 0.3) is 0 Å². The lowest BCUT2D eigenvalue weighted by Gasteiger charge is -2.33. The first-order chi connectivity index (χ1) is 10.5. The average molecular weight is 306 g/mol. The number of β-amino-alcohol motifs (C(OH)–C–C–N with tert-alkyl or cyclic N) is 1. The third kappa shape index (κ3) is 4.97. The van der Waals surface area contributed by atoms with Gasteiger partial charge in [-0.3, -0.25) is 4.90 Å². The Morgan fingerprint density at radius 1 is 1.18 bits per heavy atom. The predicted octanol–water partition coefficient (Wildman–Crippen LogP) is 2.11. The Hall–Kier alpha value is -1.10. The van der Waals surface area contributed by atoms with Gasteiger partial charge in [-0.2, -0.15) is 0 Å². The Morgan fingerprint density at radius 3 is 2.50 bits per heavy atom. The van der Waals surface area contributed by atoms with Gasteiger partial charge in [0, 0.05) is 32.7 Å². The standard InChI is InChI=1S/C18H30N2O2/c1-14(2)17-6-5-15(3)11-18(17)22-13-16(21)12-20-9-7-19(4)8-10-20/h5-6,11,14,16,21H,7-10,12-13H2,1-4H3. The Balaban J connectivity index is 1.85. The van der Waals surface area contributed by atoms with Gasteiger partial charge in [-0.25, -0.2) is 0 Å². The number of aliphatic hydroxyl groups is 1. The normalized spacial score (nSPS) is 18.6. The number of piperazine rings is 1. The van der Waals surface area contributed by atoms with Crippen LogP contribution in [-0.2, 0) is 0 Å². The van der Waals surface area contributed by atoms with Crippen LogP contribution in [0.5, 0.6) is 5.75 Å². The quantitative estimate of drug-likeness (QED) is 0.873. The van der Waals surface area contributed by atoms with Crippen molar-refractivity contribution >= 4 is 0 Å². The predicted molar refractivity (Wildman–Crippen MR) is 90.7 cm³/mol. The molecular formula is C18H30N2O2. The molecule has 0 aliphatic carbocycles. The third-order valence-corrected chi connectivity index (χ3v) is 4.29. The second-order valence-electron chi connectivity index (χ2n) is 6.76. The lowest BCUT2D eigenvalue weighted by molar-refractivity contribution is 0.0501. The van der Waals surface area contributed by atoms with Crippen LogP contribution in [0.2, 0.25) is 0 Å². The van der Waals surface area contributed by atoms with E-state index >= 15 is 0 Å². The zero-order chi connectivity index (χ0) is 16.1. The van der Waals surface area contributed by atoms with Gasteiger partial charge < -0.3 is 14.7 Å². The summed E-state index contributed by atoms with van der Waals surface area (Å²) < 4.78 is 5.92. The van der Waals surface area contributed by atoms with Crippen LogP contribution >= 0.6 is 0 Å². The summed E-state index contributed by atoms with van der Waals surface area (Å²) in [5, 5.41) is 10.2. The maximum absolute atomic E-state index is 10.2. The molecule has 0 spiro atoms. The van der Waals surface area contributed by atoms with Crippen molar-refractivity contribution in [3.8, 4) is 5.75 Å². The highest BCUT2D eigenvalue weighted by Crippen LogP contribution is 2.27. The van der Waals surface area contributed by atoms with Crippen LogP contribution in [0.3, 0.4) is 0 Å². The molecule has 1 fully saturated rings. The molecule has 0 bridgehead atoms. The van der Waals surface area contributed by atoms with E-state index in [1.807, 2.05) is 0 Å². The minimum absolute atomic E-state index is 0.357. The number of hydrogen-bond donors (Lipinski definition) is 1. The van der Waals surface area contributed by atoms with Crippen molar-refractivity contribution in [3.63, 3.8) is 0 Å². The minimum Gasteiger partial charge on any atom is -0.491 e. The summed E-state index contributed by atoms with van der Waals surface area (Å²) in [5.41, 5.74) is 2.39. The highest BCUT2D eigenvalue weighted by Gasteiger charge is 2.18.